The zero-order chi connectivity index (χ0) is 19.6. The maximum atomic E-state index is 13.4. The number of ether oxygens (including phenoxy) is 1. The highest BCUT2D eigenvalue weighted by atomic mass is 35.5. The molecular formula is C21H24ClF3O2. The van der Waals surface area contributed by atoms with E-state index >= 15 is 0 Å². The van der Waals surface area contributed by atoms with E-state index in [4.69, 9.17) is 4.74 Å². The topological polar surface area (TPSA) is 26.3 Å². The highest BCUT2D eigenvalue weighted by Gasteiger charge is 2.32. The first-order valence-electron chi connectivity index (χ1n) is 8.52. The van der Waals surface area contributed by atoms with Crippen LogP contribution in [0.2, 0.25) is 0 Å². The summed E-state index contributed by atoms with van der Waals surface area (Å²) in [5.74, 6) is -1.31. The van der Waals surface area contributed by atoms with Crippen LogP contribution in [0.15, 0.2) is 30.3 Å². The van der Waals surface area contributed by atoms with Crippen molar-refractivity contribution in [1.82, 2.24) is 0 Å². The fourth-order valence-corrected chi connectivity index (χ4v) is 2.89. The number of carbonyl (C=O) groups excluding carboxylic acids is 1. The molecule has 0 bridgehead atoms. The molecule has 0 saturated carbocycles. The molecule has 6 heteroatoms. The molecule has 2 aromatic rings. The highest BCUT2D eigenvalue weighted by molar-refractivity contribution is 5.85. The van der Waals surface area contributed by atoms with E-state index in [2.05, 4.69) is 0 Å². The summed E-state index contributed by atoms with van der Waals surface area (Å²) < 4.78 is 45.2. The van der Waals surface area contributed by atoms with Gasteiger partial charge in [-0.1, -0.05) is 18.2 Å². The van der Waals surface area contributed by atoms with Crippen molar-refractivity contribution in [3.05, 3.63) is 58.1 Å². The van der Waals surface area contributed by atoms with Crippen LogP contribution in [0.5, 0.6) is 0 Å². The summed E-state index contributed by atoms with van der Waals surface area (Å²) in [5, 5.41) is 0. The Bertz CT molecular complexity index is 829. The van der Waals surface area contributed by atoms with Crippen LogP contribution < -0.4 is 0 Å². The lowest BCUT2D eigenvalue weighted by molar-refractivity contribution is -0.144. The van der Waals surface area contributed by atoms with Gasteiger partial charge in [-0.25, -0.2) is 0 Å². The standard InChI is InChI=1S/C21H23F3O2.ClH/c1-6-26-20(25)15(5)16-9-17(11-18(10-16)21(22,23)24)19-8-7-12(2)13(3)14(19)4;/h7-11,15H,6H2,1-5H3;1H. The zero-order valence-electron chi connectivity index (χ0n) is 16.0. The van der Waals surface area contributed by atoms with Crippen LogP contribution in [0, 0.1) is 20.8 Å². The molecule has 1 unspecified atom stereocenters. The van der Waals surface area contributed by atoms with Crippen LogP contribution in [-0.2, 0) is 15.7 Å². The maximum Gasteiger partial charge on any atom is 0.416 e. The van der Waals surface area contributed by atoms with Gasteiger partial charge in [-0.15, -0.1) is 12.4 Å². The molecule has 0 aliphatic carbocycles. The molecule has 0 amide bonds. The lowest BCUT2D eigenvalue weighted by atomic mass is 9.89. The maximum absolute atomic E-state index is 13.4. The van der Waals surface area contributed by atoms with E-state index in [0.29, 0.717) is 11.1 Å². The summed E-state index contributed by atoms with van der Waals surface area (Å²) in [6.07, 6.45) is -4.49. The van der Waals surface area contributed by atoms with Gasteiger partial charge in [0.25, 0.3) is 0 Å². The number of hydrogen-bond donors (Lipinski definition) is 0. The van der Waals surface area contributed by atoms with Crippen molar-refractivity contribution >= 4 is 18.4 Å². The first-order chi connectivity index (χ1) is 12.1. The molecule has 0 N–H and O–H groups in total. The van der Waals surface area contributed by atoms with Gasteiger partial charge in [0, 0.05) is 0 Å². The van der Waals surface area contributed by atoms with Crippen LogP contribution in [-0.4, -0.2) is 12.6 Å². The van der Waals surface area contributed by atoms with Crippen molar-refractivity contribution in [3.63, 3.8) is 0 Å². The predicted molar refractivity (Wildman–Crippen MR) is 103 cm³/mol. The molecular weight excluding hydrogens is 377 g/mol. The Morgan fingerprint density at radius 2 is 1.70 bits per heavy atom. The van der Waals surface area contributed by atoms with E-state index in [9.17, 15) is 18.0 Å². The summed E-state index contributed by atoms with van der Waals surface area (Å²) in [4.78, 5) is 12.0. The van der Waals surface area contributed by atoms with E-state index < -0.39 is 23.6 Å². The third-order valence-electron chi connectivity index (χ3n) is 4.79. The van der Waals surface area contributed by atoms with Crippen LogP contribution in [0.3, 0.4) is 0 Å². The molecule has 0 aromatic heterocycles. The molecule has 1 atom stereocenters. The predicted octanol–water partition coefficient (Wildman–Crippen LogP) is 6.39. The average Bonchev–Trinajstić information content (AvgIpc) is 2.58. The molecule has 27 heavy (non-hydrogen) atoms. The lowest BCUT2D eigenvalue weighted by Gasteiger charge is -2.18. The summed E-state index contributed by atoms with van der Waals surface area (Å²) in [5.41, 5.74) is 3.77. The number of rotatable bonds is 4. The van der Waals surface area contributed by atoms with Crippen molar-refractivity contribution in [2.75, 3.05) is 6.61 Å². The van der Waals surface area contributed by atoms with Crippen LogP contribution in [0.4, 0.5) is 13.2 Å². The fraction of sp³-hybridized carbons (Fsp3) is 0.381. The molecule has 2 aromatic carbocycles. The first kappa shape index (κ1) is 23.0. The number of benzene rings is 2. The highest BCUT2D eigenvalue weighted by Crippen LogP contribution is 2.37. The van der Waals surface area contributed by atoms with Gasteiger partial charge in [0.15, 0.2) is 0 Å². The number of hydrogen-bond acceptors (Lipinski definition) is 2. The number of aryl methyl sites for hydroxylation is 1. The molecule has 0 saturated heterocycles. The molecule has 148 valence electrons. The van der Waals surface area contributed by atoms with Gasteiger partial charge in [-0.05, 0) is 80.1 Å². The van der Waals surface area contributed by atoms with Gasteiger partial charge in [-0.2, -0.15) is 13.2 Å². The SMILES string of the molecule is CCOC(=O)C(C)c1cc(-c2ccc(C)c(C)c2C)cc(C(F)(F)F)c1.Cl. The van der Waals surface area contributed by atoms with E-state index in [1.807, 2.05) is 32.9 Å². The second-order valence-corrected chi connectivity index (χ2v) is 6.50. The van der Waals surface area contributed by atoms with Crippen LogP contribution in [0.25, 0.3) is 11.1 Å². The molecule has 0 spiro atoms. The van der Waals surface area contributed by atoms with Crippen molar-refractivity contribution in [2.24, 2.45) is 0 Å². The number of carbonyl (C=O) groups is 1. The molecule has 0 aliphatic rings. The van der Waals surface area contributed by atoms with E-state index in [1.165, 1.54) is 0 Å². The Labute approximate surface area is 164 Å². The zero-order valence-corrected chi connectivity index (χ0v) is 16.8. The van der Waals surface area contributed by atoms with Gasteiger partial charge in [0.1, 0.15) is 0 Å². The molecule has 2 rings (SSSR count). The molecule has 0 fully saturated rings. The fourth-order valence-electron chi connectivity index (χ4n) is 2.89. The van der Waals surface area contributed by atoms with Gasteiger partial charge < -0.3 is 4.74 Å². The van der Waals surface area contributed by atoms with Crippen LogP contribution >= 0.6 is 12.4 Å². The molecule has 0 heterocycles. The Kier molecular flexibility index (Phi) is 7.49. The van der Waals surface area contributed by atoms with Crippen molar-refractivity contribution in [2.45, 2.75) is 46.7 Å². The smallest absolute Gasteiger partial charge is 0.416 e. The van der Waals surface area contributed by atoms with Gasteiger partial charge >= 0.3 is 12.1 Å². The van der Waals surface area contributed by atoms with Gasteiger partial charge in [-0.3, -0.25) is 4.79 Å². The minimum absolute atomic E-state index is 0. The Hall–Kier alpha value is -2.01. The van der Waals surface area contributed by atoms with Crippen molar-refractivity contribution < 1.29 is 22.7 Å². The lowest BCUT2D eigenvalue weighted by Crippen LogP contribution is -2.14. The number of esters is 1. The summed E-state index contributed by atoms with van der Waals surface area (Å²) in [6, 6.07) is 7.53. The average molecular weight is 401 g/mol. The second kappa shape index (κ2) is 8.79. The molecule has 2 nitrogen and oxygen atoms in total. The number of alkyl halides is 3. The Balaban J connectivity index is 0.00000364. The monoisotopic (exact) mass is 400 g/mol. The normalized spacial score (nSPS) is 12.3. The minimum Gasteiger partial charge on any atom is -0.466 e. The first-order valence-corrected chi connectivity index (χ1v) is 8.52. The summed E-state index contributed by atoms with van der Waals surface area (Å²) in [7, 11) is 0. The third kappa shape index (κ3) is 5.04. The van der Waals surface area contributed by atoms with Gasteiger partial charge in [0.2, 0.25) is 0 Å². The number of halogens is 4. The Morgan fingerprint density at radius 3 is 2.26 bits per heavy atom. The van der Waals surface area contributed by atoms with E-state index in [-0.39, 0.29) is 19.0 Å². The van der Waals surface area contributed by atoms with Gasteiger partial charge in [0.05, 0.1) is 18.1 Å². The quantitative estimate of drug-likeness (QED) is 0.556. The minimum atomic E-state index is -4.49. The third-order valence-corrected chi connectivity index (χ3v) is 4.79. The molecule has 0 radical (unpaired) electrons. The second-order valence-electron chi connectivity index (χ2n) is 6.50. The van der Waals surface area contributed by atoms with Crippen LogP contribution in [0.1, 0.15) is 47.6 Å². The Morgan fingerprint density at radius 1 is 1.07 bits per heavy atom. The van der Waals surface area contributed by atoms with Crippen molar-refractivity contribution in [3.8, 4) is 11.1 Å². The largest absolute Gasteiger partial charge is 0.466 e. The van der Waals surface area contributed by atoms with E-state index in [1.54, 1.807) is 19.9 Å². The summed E-state index contributed by atoms with van der Waals surface area (Å²) >= 11 is 0. The summed E-state index contributed by atoms with van der Waals surface area (Å²) in [6.45, 7) is 9.22. The van der Waals surface area contributed by atoms with Crippen molar-refractivity contribution in [1.29, 1.82) is 0 Å². The van der Waals surface area contributed by atoms with E-state index in [0.717, 1.165) is 34.4 Å². The molecule has 0 aliphatic heterocycles.